The van der Waals surface area contributed by atoms with Crippen LogP contribution in [0.4, 0.5) is 9.80 Å². The van der Waals surface area contributed by atoms with Crippen LogP contribution < -0.4 is 26.4 Å². The van der Waals surface area contributed by atoms with E-state index in [2.05, 4.69) is 16.0 Å². The number of amides is 3. The Morgan fingerprint density at radius 2 is 2.19 bits per heavy atom. The first kappa shape index (κ1) is 19.5. The zero-order valence-electron chi connectivity index (χ0n) is 14.8. The van der Waals surface area contributed by atoms with Gasteiger partial charge in [0, 0.05) is 28.0 Å². The van der Waals surface area contributed by atoms with Crippen molar-refractivity contribution in [3.63, 3.8) is 0 Å². The van der Waals surface area contributed by atoms with Crippen LogP contribution in [-0.4, -0.2) is 38.2 Å². The van der Waals surface area contributed by atoms with Crippen molar-refractivity contribution >= 4 is 39.9 Å². The monoisotopic (exact) mass is 408 g/mol. The maximum Gasteiger partial charge on any atom is 0.317 e. The molecule has 0 aliphatic carbocycles. The average molecular weight is 409 g/mol. The maximum atomic E-state index is 12.8. The number of urea groups is 1. The van der Waals surface area contributed by atoms with Gasteiger partial charge in [0.25, 0.3) is 5.91 Å². The first-order valence-electron chi connectivity index (χ1n) is 8.53. The summed E-state index contributed by atoms with van der Waals surface area (Å²) in [6, 6.07) is 6.28. The Morgan fingerprint density at radius 3 is 2.85 bits per heavy atom. The van der Waals surface area contributed by atoms with Crippen molar-refractivity contribution in [3.8, 4) is 16.2 Å². The van der Waals surface area contributed by atoms with Gasteiger partial charge in [-0.1, -0.05) is 11.6 Å². The lowest BCUT2D eigenvalue weighted by atomic mass is 10.1. The number of hydrogen-bond donors (Lipinski definition) is 4. The summed E-state index contributed by atoms with van der Waals surface area (Å²) in [6.07, 6.45) is 1.92. The van der Waals surface area contributed by atoms with Gasteiger partial charge in [0.2, 0.25) is 0 Å². The number of carbonyl (C=O) groups excluding carboxylic acids is 2. The van der Waals surface area contributed by atoms with Gasteiger partial charge in [-0.05, 0) is 43.7 Å². The number of nitrogens with two attached hydrogens (primary N) is 1. The van der Waals surface area contributed by atoms with Crippen LogP contribution >= 0.6 is 22.9 Å². The summed E-state index contributed by atoms with van der Waals surface area (Å²) >= 11 is 7.36. The molecule has 3 rings (SSSR count). The molecule has 1 aromatic heterocycles. The van der Waals surface area contributed by atoms with E-state index in [1.165, 1.54) is 11.3 Å². The molecule has 1 aliphatic heterocycles. The molecule has 7 nitrogen and oxygen atoms in total. The molecule has 144 valence electrons. The second kappa shape index (κ2) is 8.60. The van der Waals surface area contributed by atoms with Crippen molar-refractivity contribution in [2.75, 3.05) is 25.5 Å². The maximum absolute atomic E-state index is 12.8. The molecule has 2 heterocycles. The van der Waals surface area contributed by atoms with E-state index in [1.54, 1.807) is 31.4 Å². The van der Waals surface area contributed by atoms with Gasteiger partial charge < -0.3 is 21.1 Å². The number of rotatable bonds is 5. The molecule has 0 bridgehead atoms. The van der Waals surface area contributed by atoms with Crippen LogP contribution in [0, 0.1) is 0 Å². The number of halogens is 1. The molecule has 1 fully saturated rings. The fraction of sp³-hybridized carbons (Fsp3) is 0.333. The molecule has 1 saturated heterocycles. The van der Waals surface area contributed by atoms with Crippen molar-refractivity contribution in [3.05, 3.63) is 34.9 Å². The lowest BCUT2D eigenvalue weighted by Crippen LogP contribution is -2.45. The number of methoxy groups -OCH3 is 1. The van der Waals surface area contributed by atoms with E-state index in [0.29, 0.717) is 21.3 Å². The molecule has 2 aromatic rings. The Labute approximate surface area is 166 Å². The van der Waals surface area contributed by atoms with Crippen molar-refractivity contribution in [2.45, 2.75) is 18.9 Å². The highest BCUT2D eigenvalue weighted by atomic mass is 35.5. The minimum Gasteiger partial charge on any atom is -0.496 e. The highest BCUT2D eigenvalue weighted by Crippen LogP contribution is 2.40. The molecule has 5 N–H and O–H groups in total. The minimum atomic E-state index is -0.727. The van der Waals surface area contributed by atoms with Crippen LogP contribution in [0.5, 0.6) is 5.75 Å². The summed E-state index contributed by atoms with van der Waals surface area (Å²) < 4.78 is 5.39. The number of carbonyl (C=O) groups is 2. The van der Waals surface area contributed by atoms with Crippen molar-refractivity contribution in [1.29, 1.82) is 0 Å². The van der Waals surface area contributed by atoms with E-state index < -0.39 is 6.03 Å². The Hall–Kier alpha value is -2.29. The fourth-order valence-electron chi connectivity index (χ4n) is 3.01. The molecule has 1 aliphatic rings. The molecular weight excluding hydrogens is 388 g/mol. The second-order valence-corrected chi connectivity index (χ2v) is 7.69. The van der Waals surface area contributed by atoms with Gasteiger partial charge in [-0.2, -0.15) is 0 Å². The van der Waals surface area contributed by atoms with Gasteiger partial charge in [-0.3, -0.25) is 10.1 Å². The molecule has 9 heteroatoms. The lowest BCUT2D eigenvalue weighted by molar-refractivity contribution is 0.0932. The third-order valence-electron chi connectivity index (χ3n) is 4.27. The number of piperidine rings is 1. The predicted octanol–water partition coefficient (Wildman–Crippen LogP) is 3.05. The van der Waals surface area contributed by atoms with E-state index in [-0.39, 0.29) is 11.9 Å². The first-order valence-corrected chi connectivity index (χ1v) is 9.73. The van der Waals surface area contributed by atoms with Gasteiger partial charge in [0.05, 0.1) is 12.7 Å². The van der Waals surface area contributed by atoms with Crippen LogP contribution in [0.3, 0.4) is 0 Å². The molecular formula is C18H21ClN4O3S. The van der Waals surface area contributed by atoms with Crippen LogP contribution in [-0.2, 0) is 0 Å². The molecule has 0 unspecified atom stereocenters. The number of nitrogens with one attached hydrogen (secondary N) is 3. The molecule has 27 heavy (non-hydrogen) atoms. The van der Waals surface area contributed by atoms with Crippen molar-refractivity contribution in [2.24, 2.45) is 5.73 Å². The van der Waals surface area contributed by atoms with E-state index in [4.69, 9.17) is 22.1 Å². The molecule has 0 radical (unpaired) electrons. The van der Waals surface area contributed by atoms with Crippen LogP contribution in [0.15, 0.2) is 24.3 Å². The van der Waals surface area contributed by atoms with Gasteiger partial charge in [0.1, 0.15) is 10.8 Å². The number of anilines is 1. The smallest absolute Gasteiger partial charge is 0.317 e. The zero-order valence-corrected chi connectivity index (χ0v) is 16.4. The molecule has 0 saturated carbocycles. The highest BCUT2D eigenvalue weighted by molar-refractivity contribution is 7.20. The topological polar surface area (TPSA) is 105 Å². The summed E-state index contributed by atoms with van der Waals surface area (Å²) in [4.78, 5) is 24.9. The Kier molecular flexibility index (Phi) is 6.20. The van der Waals surface area contributed by atoms with E-state index in [1.807, 2.05) is 0 Å². The lowest BCUT2D eigenvalue weighted by Gasteiger charge is -2.23. The molecule has 1 atom stereocenters. The largest absolute Gasteiger partial charge is 0.496 e. The molecule has 3 amide bonds. The van der Waals surface area contributed by atoms with Gasteiger partial charge in [-0.25, -0.2) is 4.79 Å². The number of ether oxygens (including phenoxy) is 1. The normalized spacial score (nSPS) is 16.6. The van der Waals surface area contributed by atoms with Crippen LogP contribution in [0.25, 0.3) is 10.4 Å². The fourth-order valence-corrected chi connectivity index (χ4v) is 4.26. The summed E-state index contributed by atoms with van der Waals surface area (Å²) in [5.41, 5.74) is 6.37. The van der Waals surface area contributed by atoms with Crippen molar-refractivity contribution < 1.29 is 14.3 Å². The van der Waals surface area contributed by atoms with Crippen LogP contribution in [0.1, 0.15) is 23.2 Å². The van der Waals surface area contributed by atoms with E-state index in [0.717, 1.165) is 36.4 Å². The van der Waals surface area contributed by atoms with Gasteiger partial charge in [0.15, 0.2) is 0 Å². The third kappa shape index (κ3) is 4.71. The number of benzene rings is 1. The van der Waals surface area contributed by atoms with E-state index >= 15 is 0 Å². The number of primary amides is 1. The standard InChI is InChI=1S/C18H21ClN4O3S/c1-26-14-5-4-10(19)7-12(14)15-8-13(17(27-15)23-18(20)25)16(24)22-11-3-2-6-21-9-11/h4-5,7-8,11,21H,2-3,6,9H2,1H3,(H,22,24)(H3,20,23,25)/t11-/m0/s1. The summed E-state index contributed by atoms with van der Waals surface area (Å²) in [5, 5.41) is 9.74. The Morgan fingerprint density at radius 1 is 1.37 bits per heavy atom. The third-order valence-corrected chi connectivity index (χ3v) is 5.59. The zero-order chi connectivity index (χ0) is 19.4. The number of hydrogen-bond acceptors (Lipinski definition) is 5. The van der Waals surface area contributed by atoms with Crippen molar-refractivity contribution in [1.82, 2.24) is 10.6 Å². The van der Waals surface area contributed by atoms with Gasteiger partial charge >= 0.3 is 6.03 Å². The number of thiophene rings is 1. The van der Waals surface area contributed by atoms with Crippen LogP contribution in [0.2, 0.25) is 5.02 Å². The minimum absolute atomic E-state index is 0.0525. The molecule has 0 spiro atoms. The molecule has 1 aromatic carbocycles. The highest BCUT2D eigenvalue weighted by Gasteiger charge is 2.23. The summed E-state index contributed by atoms with van der Waals surface area (Å²) in [7, 11) is 1.56. The average Bonchev–Trinajstić information content (AvgIpc) is 3.05. The summed E-state index contributed by atoms with van der Waals surface area (Å²) in [5.74, 6) is 0.366. The Bertz CT molecular complexity index is 849. The first-order chi connectivity index (χ1) is 13.0. The second-order valence-electron chi connectivity index (χ2n) is 6.20. The van der Waals surface area contributed by atoms with E-state index in [9.17, 15) is 9.59 Å². The van der Waals surface area contributed by atoms with Gasteiger partial charge in [-0.15, -0.1) is 11.3 Å². The quantitative estimate of drug-likeness (QED) is 0.610. The summed E-state index contributed by atoms with van der Waals surface area (Å²) in [6.45, 7) is 1.68. The SMILES string of the molecule is COc1ccc(Cl)cc1-c1cc(C(=O)N[C@H]2CCCNC2)c(NC(N)=O)s1. The Balaban J connectivity index is 1.94. The predicted molar refractivity (Wildman–Crippen MR) is 108 cm³/mol.